The van der Waals surface area contributed by atoms with Gasteiger partial charge in [0.1, 0.15) is 5.75 Å². The normalized spacial score (nSPS) is 10.6. The maximum Gasteiger partial charge on any atom is 0.188 e. The van der Waals surface area contributed by atoms with Crippen LogP contribution in [0, 0.1) is 0 Å². The maximum atomic E-state index is 5.55. The van der Waals surface area contributed by atoms with Gasteiger partial charge in [-0.05, 0) is 23.4 Å². The van der Waals surface area contributed by atoms with Crippen molar-refractivity contribution >= 4 is 10.8 Å². The Morgan fingerprint density at radius 2 is 1.75 bits per heavy atom. The standard InChI is InChI=1S/C14H16O2/c1-3-11-6-4-8-13-12(11)7-5-9-14(13)16-10-15-2/h4-9H,3,10H2,1-2H3. The van der Waals surface area contributed by atoms with Gasteiger partial charge in [0.25, 0.3) is 0 Å². The van der Waals surface area contributed by atoms with Gasteiger partial charge in [0.15, 0.2) is 6.79 Å². The number of hydrogen-bond acceptors (Lipinski definition) is 2. The van der Waals surface area contributed by atoms with Gasteiger partial charge in [0, 0.05) is 12.5 Å². The summed E-state index contributed by atoms with van der Waals surface area (Å²) in [6, 6.07) is 12.4. The Morgan fingerprint density at radius 1 is 1.00 bits per heavy atom. The van der Waals surface area contributed by atoms with E-state index in [1.54, 1.807) is 7.11 Å². The Labute approximate surface area is 95.8 Å². The summed E-state index contributed by atoms with van der Waals surface area (Å²) in [7, 11) is 1.63. The topological polar surface area (TPSA) is 18.5 Å². The molecule has 2 aromatic rings. The zero-order valence-corrected chi connectivity index (χ0v) is 9.69. The lowest BCUT2D eigenvalue weighted by molar-refractivity contribution is 0.0522. The predicted octanol–water partition coefficient (Wildman–Crippen LogP) is 3.38. The van der Waals surface area contributed by atoms with Crippen LogP contribution in [0.25, 0.3) is 10.8 Å². The third-order valence-corrected chi connectivity index (χ3v) is 2.69. The minimum atomic E-state index is 0.287. The summed E-state index contributed by atoms with van der Waals surface area (Å²) in [5.74, 6) is 0.884. The van der Waals surface area contributed by atoms with E-state index in [0.717, 1.165) is 17.6 Å². The van der Waals surface area contributed by atoms with Crippen LogP contribution in [0.5, 0.6) is 5.75 Å². The van der Waals surface area contributed by atoms with Gasteiger partial charge in [-0.1, -0.05) is 37.3 Å². The van der Waals surface area contributed by atoms with Crippen molar-refractivity contribution in [3.8, 4) is 5.75 Å². The van der Waals surface area contributed by atoms with Crippen LogP contribution in [0.4, 0.5) is 0 Å². The number of aryl methyl sites for hydroxylation is 1. The second-order valence-electron chi connectivity index (χ2n) is 3.67. The third-order valence-electron chi connectivity index (χ3n) is 2.69. The van der Waals surface area contributed by atoms with Gasteiger partial charge in [-0.3, -0.25) is 0 Å². The molecule has 84 valence electrons. The molecular weight excluding hydrogens is 200 g/mol. The molecule has 0 bridgehead atoms. The highest BCUT2D eigenvalue weighted by Crippen LogP contribution is 2.28. The van der Waals surface area contributed by atoms with Gasteiger partial charge in [0.2, 0.25) is 0 Å². The molecule has 0 N–H and O–H groups in total. The molecular formula is C14H16O2. The van der Waals surface area contributed by atoms with Gasteiger partial charge in [-0.15, -0.1) is 0 Å². The summed E-state index contributed by atoms with van der Waals surface area (Å²) in [4.78, 5) is 0. The molecule has 16 heavy (non-hydrogen) atoms. The largest absolute Gasteiger partial charge is 0.467 e. The Kier molecular flexibility index (Phi) is 3.42. The van der Waals surface area contributed by atoms with Crippen LogP contribution in [-0.2, 0) is 11.2 Å². The first-order valence-electron chi connectivity index (χ1n) is 5.49. The Bertz CT molecular complexity index is 477. The van der Waals surface area contributed by atoms with Gasteiger partial charge < -0.3 is 9.47 Å². The summed E-state index contributed by atoms with van der Waals surface area (Å²) >= 11 is 0. The van der Waals surface area contributed by atoms with Crippen LogP contribution in [0.2, 0.25) is 0 Å². The molecule has 0 radical (unpaired) electrons. The summed E-state index contributed by atoms with van der Waals surface area (Å²) < 4.78 is 10.5. The summed E-state index contributed by atoms with van der Waals surface area (Å²) in [6.07, 6.45) is 1.03. The molecule has 0 aliphatic carbocycles. The number of ether oxygens (including phenoxy) is 2. The molecule has 0 saturated heterocycles. The molecule has 0 saturated carbocycles. The summed E-state index contributed by atoms with van der Waals surface area (Å²) in [5, 5.41) is 2.41. The summed E-state index contributed by atoms with van der Waals surface area (Å²) in [6.45, 7) is 2.45. The monoisotopic (exact) mass is 216 g/mol. The van der Waals surface area contributed by atoms with E-state index >= 15 is 0 Å². The Balaban J connectivity index is 2.51. The fourth-order valence-corrected chi connectivity index (χ4v) is 1.90. The van der Waals surface area contributed by atoms with Crippen molar-refractivity contribution in [2.24, 2.45) is 0 Å². The molecule has 0 atom stereocenters. The molecule has 2 rings (SSSR count). The molecule has 2 nitrogen and oxygen atoms in total. The molecule has 0 fully saturated rings. The van der Waals surface area contributed by atoms with Crippen LogP contribution in [0.15, 0.2) is 36.4 Å². The van der Waals surface area contributed by atoms with Crippen molar-refractivity contribution in [1.82, 2.24) is 0 Å². The molecule has 2 heteroatoms. The molecule has 2 aromatic carbocycles. The van der Waals surface area contributed by atoms with E-state index in [0.29, 0.717) is 0 Å². The quantitative estimate of drug-likeness (QED) is 0.729. The third kappa shape index (κ3) is 2.02. The van der Waals surface area contributed by atoms with Crippen molar-refractivity contribution in [2.45, 2.75) is 13.3 Å². The molecule has 0 aliphatic rings. The van der Waals surface area contributed by atoms with E-state index in [1.807, 2.05) is 12.1 Å². The number of methoxy groups -OCH3 is 1. The smallest absolute Gasteiger partial charge is 0.188 e. The predicted molar refractivity (Wildman–Crippen MR) is 65.8 cm³/mol. The molecule has 0 aliphatic heterocycles. The van der Waals surface area contributed by atoms with Crippen LogP contribution >= 0.6 is 0 Å². The highest BCUT2D eigenvalue weighted by molar-refractivity contribution is 5.90. The number of fused-ring (bicyclic) bond motifs is 1. The van der Waals surface area contributed by atoms with E-state index in [1.165, 1.54) is 10.9 Å². The molecule has 0 spiro atoms. The van der Waals surface area contributed by atoms with Crippen molar-refractivity contribution in [1.29, 1.82) is 0 Å². The Morgan fingerprint density at radius 3 is 2.50 bits per heavy atom. The van der Waals surface area contributed by atoms with E-state index in [4.69, 9.17) is 9.47 Å². The highest BCUT2D eigenvalue weighted by atomic mass is 16.7. The Hall–Kier alpha value is -1.54. The molecule has 0 amide bonds. The van der Waals surface area contributed by atoms with Gasteiger partial charge in [0.05, 0.1) is 0 Å². The van der Waals surface area contributed by atoms with E-state index in [2.05, 4.69) is 31.2 Å². The minimum absolute atomic E-state index is 0.287. The zero-order chi connectivity index (χ0) is 11.4. The molecule has 0 aromatic heterocycles. The average Bonchev–Trinajstić information content (AvgIpc) is 2.35. The number of benzene rings is 2. The van der Waals surface area contributed by atoms with E-state index in [-0.39, 0.29) is 6.79 Å². The second kappa shape index (κ2) is 4.99. The zero-order valence-electron chi connectivity index (χ0n) is 9.69. The fraction of sp³-hybridized carbons (Fsp3) is 0.286. The first-order valence-corrected chi connectivity index (χ1v) is 5.49. The van der Waals surface area contributed by atoms with Crippen molar-refractivity contribution in [3.63, 3.8) is 0 Å². The van der Waals surface area contributed by atoms with Gasteiger partial charge in [-0.25, -0.2) is 0 Å². The van der Waals surface area contributed by atoms with Crippen LogP contribution in [0.3, 0.4) is 0 Å². The van der Waals surface area contributed by atoms with Crippen molar-refractivity contribution < 1.29 is 9.47 Å². The van der Waals surface area contributed by atoms with Crippen LogP contribution in [0.1, 0.15) is 12.5 Å². The second-order valence-corrected chi connectivity index (χ2v) is 3.67. The summed E-state index contributed by atoms with van der Waals surface area (Å²) in [5.41, 5.74) is 1.35. The van der Waals surface area contributed by atoms with E-state index < -0.39 is 0 Å². The number of rotatable bonds is 4. The molecule has 0 unspecified atom stereocenters. The lowest BCUT2D eigenvalue weighted by Crippen LogP contribution is -1.99. The molecule has 0 heterocycles. The highest BCUT2D eigenvalue weighted by Gasteiger charge is 2.04. The van der Waals surface area contributed by atoms with Crippen molar-refractivity contribution in [2.75, 3.05) is 13.9 Å². The first-order chi connectivity index (χ1) is 7.86. The lowest BCUT2D eigenvalue weighted by Gasteiger charge is -2.10. The van der Waals surface area contributed by atoms with Gasteiger partial charge >= 0.3 is 0 Å². The van der Waals surface area contributed by atoms with Crippen LogP contribution in [-0.4, -0.2) is 13.9 Å². The number of hydrogen-bond donors (Lipinski definition) is 0. The SMILES string of the molecule is CCc1cccc2c(OCOC)cccc12. The van der Waals surface area contributed by atoms with Crippen LogP contribution < -0.4 is 4.74 Å². The van der Waals surface area contributed by atoms with E-state index in [9.17, 15) is 0 Å². The maximum absolute atomic E-state index is 5.55. The van der Waals surface area contributed by atoms with Gasteiger partial charge in [-0.2, -0.15) is 0 Å². The van der Waals surface area contributed by atoms with Crippen molar-refractivity contribution in [3.05, 3.63) is 42.0 Å². The first kappa shape index (κ1) is 11.0. The minimum Gasteiger partial charge on any atom is -0.467 e. The average molecular weight is 216 g/mol. The fourth-order valence-electron chi connectivity index (χ4n) is 1.90. The lowest BCUT2D eigenvalue weighted by atomic mass is 10.0.